The summed E-state index contributed by atoms with van der Waals surface area (Å²) in [6.07, 6.45) is 0.978. The van der Waals surface area contributed by atoms with Crippen molar-refractivity contribution in [1.82, 2.24) is 0 Å². The molecule has 0 saturated carbocycles. The van der Waals surface area contributed by atoms with Gasteiger partial charge >= 0.3 is 5.97 Å². The van der Waals surface area contributed by atoms with Crippen LogP contribution in [-0.4, -0.2) is 22.1 Å². The highest BCUT2D eigenvalue weighted by Crippen LogP contribution is 2.59. The van der Waals surface area contributed by atoms with Crippen LogP contribution in [-0.2, 0) is 8.87 Å². The smallest absolute Gasteiger partial charge is 0.303 e. The highest BCUT2D eigenvalue weighted by molar-refractivity contribution is 8.21. The van der Waals surface area contributed by atoms with Gasteiger partial charge in [0, 0.05) is 17.4 Å². The largest absolute Gasteiger partial charge is 0.481 e. The second-order valence-electron chi connectivity index (χ2n) is 5.33. The summed E-state index contributed by atoms with van der Waals surface area (Å²) in [7, 11) is 0. The minimum atomic E-state index is -0.706. The van der Waals surface area contributed by atoms with E-state index in [1.54, 1.807) is 0 Å². The van der Waals surface area contributed by atoms with Gasteiger partial charge in [0.05, 0.1) is 0 Å². The number of hydrogen-bond donors (Lipinski definition) is 1. The predicted molar refractivity (Wildman–Crippen MR) is 94.4 cm³/mol. The summed E-state index contributed by atoms with van der Waals surface area (Å²) in [4.78, 5) is 10.8. The van der Waals surface area contributed by atoms with Crippen LogP contribution in [0.2, 0.25) is 0 Å². The number of thioether (sulfide) groups is 2. The van der Waals surface area contributed by atoms with E-state index in [2.05, 4.69) is 48.5 Å². The molecule has 1 aliphatic rings. The summed E-state index contributed by atoms with van der Waals surface area (Å²) >= 11 is 3.83. The Hall–Kier alpha value is -1.39. The molecule has 1 fully saturated rings. The van der Waals surface area contributed by atoms with E-state index in [-0.39, 0.29) is 10.5 Å². The average molecular weight is 330 g/mol. The van der Waals surface area contributed by atoms with Gasteiger partial charge in [0.1, 0.15) is 4.08 Å². The third-order valence-corrected chi connectivity index (χ3v) is 7.63. The first-order valence-corrected chi connectivity index (χ1v) is 9.22. The SMILES string of the molecule is O=C(O)CCC1CSC(c2ccccc2)(c2ccccc2)S1. The molecule has 0 amide bonds. The summed E-state index contributed by atoms with van der Waals surface area (Å²) in [5.41, 5.74) is 2.57. The van der Waals surface area contributed by atoms with Gasteiger partial charge < -0.3 is 5.11 Å². The van der Waals surface area contributed by atoms with Gasteiger partial charge in [-0.25, -0.2) is 0 Å². The van der Waals surface area contributed by atoms with E-state index in [1.807, 2.05) is 35.7 Å². The molecule has 0 aromatic heterocycles. The highest BCUT2D eigenvalue weighted by atomic mass is 32.2. The van der Waals surface area contributed by atoms with Gasteiger partial charge in [0.15, 0.2) is 0 Å². The molecule has 2 nitrogen and oxygen atoms in total. The fraction of sp³-hybridized carbons (Fsp3) is 0.278. The number of carboxylic acid groups (broad SMARTS) is 1. The van der Waals surface area contributed by atoms with Crippen molar-refractivity contribution in [3.8, 4) is 0 Å². The molecule has 0 aliphatic carbocycles. The summed E-state index contributed by atoms with van der Waals surface area (Å²) in [6, 6.07) is 21.1. The van der Waals surface area contributed by atoms with Crippen LogP contribution < -0.4 is 0 Å². The van der Waals surface area contributed by atoms with E-state index in [9.17, 15) is 4.79 Å². The van der Waals surface area contributed by atoms with E-state index < -0.39 is 5.97 Å². The van der Waals surface area contributed by atoms with E-state index in [0.29, 0.717) is 5.25 Å². The van der Waals surface area contributed by atoms with Crippen molar-refractivity contribution in [2.24, 2.45) is 0 Å². The lowest BCUT2D eigenvalue weighted by atomic mass is 10.0. The number of rotatable bonds is 5. The van der Waals surface area contributed by atoms with Crippen LogP contribution in [0.4, 0.5) is 0 Å². The van der Waals surface area contributed by atoms with Crippen molar-refractivity contribution in [3.63, 3.8) is 0 Å². The summed E-state index contributed by atoms with van der Waals surface area (Å²) in [6.45, 7) is 0. The topological polar surface area (TPSA) is 37.3 Å². The Kier molecular flexibility index (Phi) is 4.79. The average Bonchev–Trinajstić information content (AvgIpc) is 3.00. The molecule has 0 spiro atoms. The number of carboxylic acids is 1. The first-order chi connectivity index (χ1) is 10.7. The molecule has 2 aromatic carbocycles. The van der Waals surface area contributed by atoms with Gasteiger partial charge in [-0.15, -0.1) is 23.5 Å². The minimum Gasteiger partial charge on any atom is -0.481 e. The predicted octanol–water partition coefficient (Wildman–Crippen LogP) is 4.60. The first kappa shape index (κ1) is 15.5. The Morgan fingerprint density at radius 2 is 1.59 bits per heavy atom. The van der Waals surface area contributed by atoms with E-state index in [0.717, 1.165) is 12.2 Å². The highest BCUT2D eigenvalue weighted by Gasteiger charge is 2.43. The second-order valence-corrected chi connectivity index (χ2v) is 8.34. The van der Waals surface area contributed by atoms with Gasteiger partial charge in [-0.3, -0.25) is 4.79 Å². The van der Waals surface area contributed by atoms with Crippen molar-refractivity contribution in [2.45, 2.75) is 22.2 Å². The third kappa shape index (κ3) is 3.18. The lowest BCUT2D eigenvalue weighted by molar-refractivity contribution is -0.137. The number of benzene rings is 2. The Balaban J connectivity index is 1.91. The molecule has 4 heteroatoms. The van der Waals surface area contributed by atoms with Crippen LogP contribution in [0.25, 0.3) is 0 Å². The van der Waals surface area contributed by atoms with Gasteiger partial charge in [0.2, 0.25) is 0 Å². The number of aliphatic carboxylic acids is 1. The van der Waals surface area contributed by atoms with Gasteiger partial charge in [-0.05, 0) is 17.5 Å². The molecule has 1 unspecified atom stereocenters. The molecule has 0 radical (unpaired) electrons. The van der Waals surface area contributed by atoms with Crippen molar-refractivity contribution in [3.05, 3.63) is 71.8 Å². The van der Waals surface area contributed by atoms with Crippen LogP contribution in [0, 0.1) is 0 Å². The minimum absolute atomic E-state index is 0.119. The Morgan fingerprint density at radius 1 is 1.05 bits per heavy atom. The molecule has 1 aliphatic heterocycles. The third-order valence-electron chi connectivity index (χ3n) is 3.79. The van der Waals surface area contributed by atoms with Crippen LogP contribution in [0.1, 0.15) is 24.0 Å². The zero-order valence-corrected chi connectivity index (χ0v) is 13.8. The maximum absolute atomic E-state index is 10.8. The molecule has 1 saturated heterocycles. The molecule has 2 aromatic rings. The first-order valence-electron chi connectivity index (χ1n) is 7.35. The zero-order valence-electron chi connectivity index (χ0n) is 12.1. The Morgan fingerprint density at radius 3 is 2.09 bits per heavy atom. The molecular weight excluding hydrogens is 312 g/mol. The Labute approximate surface area is 139 Å². The monoisotopic (exact) mass is 330 g/mol. The molecule has 114 valence electrons. The second kappa shape index (κ2) is 6.80. The van der Waals surface area contributed by atoms with Crippen molar-refractivity contribution < 1.29 is 9.90 Å². The number of hydrogen-bond acceptors (Lipinski definition) is 3. The molecule has 0 bridgehead atoms. The zero-order chi connectivity index (χ0) is 15.4. The summed E-state index contributed by atoms with van der Waals surface area (Å²) in [5.74, 6) is 0.282. The van der Waals surface area contributed by atoms with E-state index >= 15 is 0 Å². The number of carbonyl (C=O) groups is 1. The van der Waals surface area contributed by atoms with E-state index in [4.69, 9.17) is 5.11 Å². The lowest BCUT2D eigenvalue weighted by Gasteiger charge is -2.29. The van der Waals surface area contributed by atoms with Crippen LogP contribution in [0.3, 0.4) is 0 Å². The van der Waals surface area contributed by atoms with Crippen LogP contribution in [0.15, 0.2) is 60.7 Å². The fourth-order valence-electron chi connectivity index (χ4n) is 2.72. The van der Waals surface area contributed by atoms with Gasteiger partial charge in [-0.1, -0.05) is 60.7 Å². The molecule has 1 atom stereocenters. The van der Waals surface area contributed by atoms with Crippen LogP contribution in [0.5, 0.6) is 0 Å². The Bertz CT molecular complexity index is 589. The van der Waals surface area contributed by atoms with Crippen LogP contribution >= 0.6 is 23.5 Å². The molecular formula is C18H18O2S2. The quantitative estimate of drug-likeness (QED) is 0.869. The normalized spacial score (nSPS) is 19.9. The molecule has 3 rings (SSSR count). The maximum Gasteiger partial charge on any atom is 0.303 e. The fourth-order valence-corrected chi connectivity index (χ4v) is 6.53. The molecule has 22 heavy (non-hydrogen) atoms. The van der Waals surface area contributed by atoms with E-state index in [1.165, 1.54) is 11.1 Å². The van der Waals surface area contributed by atoms with Crippen molar-refractivity contribution in [1.29, 1.82) is 0 Å². The molecule has 1 N–H and O–H groups in total. The van der Waals surface area contributed by atoms with Crippen molar-refractivity contribution >= 4 is 29.5 Å². The van der Waals surface area contributed by atoms with Gasteiger partial charge in [0.25, 0.3) is 0 Å². The van der Waals surface area contributed by atoms with Crippen molar-refractivity contribution in [2.75, 3.05) is 5.75 Å². The lowest BCUT2D eigenvalue weighted by Crippen LogP contribution is -2.17. The standard InChI is InChI=1S/C18H18O2S2/c19-17(20)12-11-16-13-21-18(22-16,14-7-3-1-4-8-14)15-9-5-2-6-10-15/h1-10,16H,11-13H2,(H,19,20). The summed E-state index contributed by atoms with van der Waals surface area (Å²) in [5, 5.41) is 9.30. The molecule has 1 heterocycles. The van der Waals surface area contributed by atoms with Gasteiger partial charge in [-0.2, -0.15) is 0 Å². The summed E-state index contributed by atoms with van der Waals surface area (Å²) < 4.78 is -0.119. The maximum atomic E-state index is 10.8.